The largest absolute Gasteiger partial charge is 0.467 e. The van der Waals surface area contributed by atoms with Crippen LogP contribution in [0.1, 0.15) is 33.0 Å². The highest BCUT2D eigenvalue weighted by atomic mass is 16.6. The number of ether oxygens (including phenoxy) is 2. The fourth-order valence-corrected chi connectivity index (χ4v) is 3.29. The molecule has 2 aromatic carbocycles. The average molecular weight is 425 g/mol. The smallest absolute Gasteiger partial charge is 0.408 e. The van der Waals surface area contributed by atoms with Crippen LogP contribution in [0.25, 0.3) is 16.7 Å². The minimum Gasteiger partial charge on any atom is -0.467 e. The lowest BCUT2D eigenvalue weighted by atomic mass is 10.1. The van der Waals surface area contributed by atoms with Gasteiger partial charge in [0, 0.05) is 17.8 Å². The van der Waals surface area contributed by atoms with Crippen molar-refractivity contribution in [2.45, 2.75) is 45.3 Å². The van der Waals surface area contributed by atoms with E-state index in [4.69, 9.17) is 20.2 Å². The first-order valence-corrected chi connectivity index (χ1v) is 10.1. The Hall–Kier alpha value is -3.55. The Kier molecular flexibility index (Phi) is 6.48. The van der Waals surface area contributed by atoms with Crippen LogP contribution in [0.15, 0.2) is 48.5 Å². The molecule has 3 N–H and O–H groups in total. The third-order valence-electron chi connectivity index (χ3n) is 4.60. The maximum Gasteiger partial charge on any atom is 0.408 e. The molecule has 8 heteroatoms. The number of amides is 1. The summed E-state index contributed by atoms with van der Waals surface area (Å²) in [6, 6.07) is 14.5. The van der Waals surface area contributed by atoms with Crippen molar-refractivity contribution in [1.82, 2.24) is 14.9 Å². The predicted octanol–water partition coefficient (Wildman–Crippen LogP) is 3.61. The van der Waals surface area contributed by atoms with Gasteiger partial charge in [0.15, 0.2) is 0 Å². The van der Waals surface area contributed by atoms with E-state index >= 15 is 0 Å². The highest BCUT2D eigenvalue weighted by Gasteiger charge is 2.26. The van der Waals surface area contributed by atoms with Crippen molar-refractivity contribution in [1.29, 1.82) is 0 Å². The van der Waals surface area contributed by atoms with E-state index in [1.54, 1.807) is 20.8 Å². The molecule has 0 fully saturated rings. The van der Waals surface area contributed by atoms with Gasteiger partial charge in [-0.3, -0.25) is 4.57 Å². The number of methoxy groups -OCH3 is 1. The van der Waals surface area contributed by atoms with Crippen LogP contribution in [0, 0.1) is 0 Å². The molecule has 0 unspecified atom stereocenters. The lowest BCUT2D eigenvalue weighted by molar-refractivity contribution is -0.143. The zero-order valence-electron chi connectivity index (χ0n) is 18.2. The standard InChI is InChI=1S/C23H28N4O4/c1-23(2,3)31-22(29)26-17(21(28)30-4)11-13-20-25-18-14-15(24)10-12-19(18)27(20)16-8-6-5-7-9-16/h5-10,12,14,17H,11,13,24H2,1-4H3,(H,26,29)/t17-/m0/s1. The van der Waals surface area contributed by atoms with E-state index in [-0.39, 0.29) is 6.42 Å². The number of nitrogens with two attached hydrogens (primary N) is 1. The third kappa shape index (κ3) is 5.53. The molecule has 1 atom stereocenters. The van der Waals surface area contributed by atoms with Crippen molar-refractivity contribution < 1.29 is 19.1 Å². The monoisotopic (exact) mass is 424 g/mol. The van der Waals surface area contributed by atoms with Crippen LogP contribution in [-0.4, -0.2) is 40.4 Å². The van der Waals surface area contributed by atoms with E-state index in [0.29, 0.717) is 12.1 Å². The molecule has 8 nitrogen and oxygen atoms in total. The molecular weight excluding hydrogens is 396 g/mol. The van der Waals surface area contributed by atoms with E-state index in [2.05, 4.69) is 5.32 Å². The number of imidazole rings is 1. The molecule has 164 valence electrons. The number of para-hydroxylation sites is 1. The second kappa shape index (κ2) is 9.07. The van der Waals surface area contributed by atoms with Crippen LogP contribution in [0.3, 0.4) is 0 Å². The van der Waals surface area contributed by atoms with Crippen LogP contribution < -0.4 is 11.1 Å². The van der Waals surface area contributed by atoms with Gasteiger partial charge in [-0.25, -0.2) is 14.6 Å². The van der Waals surface area contributed by atoms with Crippen molar-refractivity contribution in [3.8, 4) is 5.69 Å². The Morgan fingerprint density at radius 2 is 1.87 bits per heavy atom. The summed E-state index contributed by atoms with van der Waals surface area (Å²) in [5.74, 6) is 0.198. The highest BCUT2D eigenvalue weighted by Crippen LogP contribution is 2.24. The van der Waals surface area contributed by atoms with Crippen LogP contribution in [-0.2, 0) is 20.7 Å². The summed E-state index contributed by atoms with van der Waals surface area (Å²) in [6.45, 7) is 5.27. The number of benzene rings is 2. The summed E-state index contributed by atoms with van der Waals surface area (Å²) in [4.78, 5) is 29.2. The molecular formula is C23H28N4O4. The number of anilines is 1. The zero-order valence-corrected chi connectivity index (χ0v) is 18.2. The Bertz CT molecular complexity index is 1070. The minimum absolute atomic E-state index is 0.289. The molecule has 1 heterocycles. The van der Waals surface area contributed by atoms with Gasteiger partial charge in [-0.2, -0.15) is 0 Å². The first-order chi connectivity index (χ1) is 14.7. The van der Waals surface area contributed by atoms with Gasteiger partial charge in [0.2, 0.25) is 0 Å². The molecule has 0 aliphatic carbocycles. The second-order valence-corrected chi connectivity index (χ2v) is 8.21. The molecule has 0 aliphatic heterocycles. The number of hydrogen-bond donors (Lipinski definition) is 2. The number of aromatic nitrogens is 2. The molecule has 1 aromatic heterocycles. The lowest BCUT2D eigenvalue weighted by Crippen LogP contribution is -2.44. The molecule has 0 saturated carbocycles. The number of nitrogens with zero attached hydrogens (tertiary/aromatic N) is 2. The van der Waals surface area contributed by atoms with Crippen LogP contribution in [0.5, 0.6) is 0 Å². The van der Waals surface area contributed by atoms with Crippen LogP contribution >= 0.6 is 0 Å². The van der Waals surface area contributed by atoms with Gasteiger partial charge in [0.05, 0.1) is 18.1 Å². The van der Waals surface area contributed by atoms with Crippen molar-refractivity contribution in [2.75, 3.05) is 12.8 Å². The van der Waals surface area contributed by atoms with Gasteiger partial charge in [0.1, 0.15) is 17.5 Å². The average Bonchev–Trinajstić information content (AvgIpc) is 3.07. The number of alkyl carbamates (subject to hydrolysis) is 1. The minimum atomic E-state index is -0.867. The topological polar surface area (TPSA) is 108 Å². The SMILES string of the molecule is COC(=O)[C@H](CCc1nc2cc(N)ccc2n1-c1ccccc1)NC(=O)OC(C)(C)C. The summed E-state index contributed by atoms with van der Waals surface area (Å²) in [5.41, 5.74) is 8.49. The number of nitrogen functional groups attached to an aromatic ring is 1. The summed E-state index contributed by atoms with van der Waals surface area (Å²) in [5, 5.41) is 2.60. The van der Waals surface area contributed by atoms with Gasteiger partial charge in [0.25, 0.3) is 0 Å². The maximum atomic E-state index is 12.3. The quantitative estimate of drug-likeness (QED) is 0.462. The Labute approximate surface area is 181 Å². The molecule has 0 spiro atoms. The molecule has 0 bridgehead atoms. The number of esters is 1. The van der Waals surface area contributed by atoms with Crippen molar-refractivity contribution in [3.63, 3.8) is 0 Å². The Morgan fingerprint density at radius 3 is 2.52 bits per heavy atom. The van der Waals surface area contributed by atoms with E-state index in [1.165, 1.54) is 7.11 Å². The lowest BCUT2D eigenvalue weighted by Gasteiger charge is -2.22. The normalized spacial score (nSPS) is 12.4. The number of rotatable bonds is 6. The second-order valence-electron chi connectivity index (χ2n) is 8.21. The van der Waals surface area contributed by atoms with Gasteiger partial charge < -0.3 is 20.5 Å². The van der Waals surface area contributed by atoms with Crippen molar-refractivity contribution >= 4 is 28.8 Å². The zero-order chi connectivity index (χ0) is 22.6. The van der Waals surface area contributed by atoms with Gasteiger partial charge >= 0.3 is 12.1 Å². The molecule has 3 rings (SSSR count). The first-order valence-electron chi connectivity index (χ1n) is 10.1. The number of carbonyl (C=O) groups excluding carboxylic acids is 2. The number of carbonyl (C=O) groups is 2. The molecule has 0 saturated heterocycles. The van der Waals surface area contributed by atoms with Crippen molar-refractivity contribution in [2.24, 2.45) is 0 Å². The van der Waals surface area contributed by atoms with Crippen LogP contribution in [0.2, 0.25) is 0 Å². The molecule has 1 amide bonds. The van der Waals surface area contributed by atoms with Crippen molar-refractivity contribution in [3.05, 3.63) is 54.4 Å². The third-order valence-corrected chi connectivity index (χ3v) is 4.60. The molecule has 0 aliphatic rings. The van der Waals surface area contributed by atoms with E-state index in [9.17, 15) is 9.59 Å². The number of fused-ring (bicyclic) bond motifs is 1. The summed E-state index contributed by atoms with van der Waals surface area (Å²) in [6.07, 6.45) is 0.0311. The summed E-state index contributed by atoms with van der Waals surface area (Å²) in [7, 11) is 1.29. The number of aryl methyl sites for hydroxylation is 1. The first kappa shape index (κ1) is 22.1. The van der Waals surface area contributed by atoms with E-state index in [1.807, 2.05) is 53.1 Å². The number of nitrogens with one attached hydrogen (secondary N) is 1. The highest BCUT2D eigenvalue weighted by molar-refractivity contribution is 5.82. The Morgan fingerprint density at radius 1 is 1.16 bits per heavy atom. The van der Waals surface area contributed by atoms with Gasteiger partial charge in [-0.05, 0) is 57.5 Å². The van der Waals surface area contributed by atoms with E-state index < -0.39 is 23.7 Å². The predicted molar refractivity (Wildman–Crippen MR) is 119 cm³/mol. The van der Waals surface area contributed by atoms with Gasteiger partial charge in [-0.15, -0.1) is 0 Å². The summed E-state index contributed by atoms with van der Waals surface area (Å²) < 4.78 is 12.2. The summed E-state index contributed by atoms with van der Waals surface area (Å²) >= 11 is 0. The maximum absolute atomic E-state index is 12.3. The van der Waals surface area contributed by atoms with E-state index in [0.717, 1.165) is 22.5 Å². The number of hydrogen-bond acceptors (Lipinski definition) is 6. The molecule has 0 radical (unpaired) electrons. The molecule has 3 aromatic rings. The van der Waals surface area contributed by atoms with Crippen LogP contribution in [0.4, 0.5) is 10.5 Å². The van der Waals surface area contributed by atoms with Gasteiger partial charge in [-0.1, -0.05) is 18.2 Å². The fourth-order valence-electron chi connectivity index (χ4n) is 3.29. The fraction of sp³-hybridized carbons (Fsp3) is 0.348. The molecule has 31 heavy (non-hydrogen) atoms. The Balaban J connectivity index is 1.88.